The summed E-state index contributed by atoms with van der Waals surface area (Å²) in [6.07, 6.45) is 4.37. The Hall–Kier alpha value is -4.18. The quantitative estimate of drug-likeness (QED) is 0.254. The van der Waals surface area contributed by atoms with Crippen LogP contribution in [-0.4, -0.2) is 13.3 Å². The van der Waals surface area contributed by atoms with Gasteiger partial charge in [0, 0.05) is 35.1 Å². The minimum Gasteiger partial charge on any atom is -0.328 e. The molecule has 0 saturated heterocycles. The Labute approximate surface area is 246 Å². The van der Waals surface area contributed by atoms with Gasteiger partial charge in [0.25, 0.3) is 0 Å². The van der Waals surface area contributed by atoms with Crippen LogP contribution in [0, 0.1) is 6.92 Å². The van der Waals surface area contributed by atoms with Crippen molar-refractivity contribution in [3.8, 4) is 0 Å². The third-order valence-corrected chi connectivity index (χ3v) is 8.28. The van der Waals surface area contributed by atoms with E-state index in [1.165, 1.54) is 50.8 Å². The average molecular weight is 543 g/mol. The van der Waals surface area contributed by atoms with Crippen LogP contribution in [0.1, 0.15) is 58.2 Å². The van der Waals surface area contributed by atoms with Crippen molar-refractivity contribution >= 4 is 34.1 Å². The van der Waals surface area contributed by atoms with Crippen LogP contribution in [0.15, 0.2) is 103 Å². The maximum atomic E-state index is 2.44. The Balaban J connectivity index is 1.25. The van der Waals surface area contributed by atoms with Crippen LogP contribution < -0.4 is 19.6 Å². The van der Waals surface area contributed by atoms with Gasteiger partial charge in [0.15, 0.2) is 0 Å². The van der Waals surface area contributed by atoms with Gasteiger partial charge < -0.3 is 19.6 Å². The fourth-order valence-corrected chi connectivity index (χ4v) is 5.77. The highest BCUT2D eigenvalue weighted by atomic mass is 15.4. The first-order valence-corrected chi connectivity index (χ1v) is 14.7. The van der Waals surface area contributed by atoms with Crippen LogP contribution >= 0.6 is 0 Å². The van der Waals surface area contributed by atoms with Gasteiger partial charge in [-0.05, 0) is 89.0 Å². The van der Waals surface area contributed by atoms with Crippen molar-refractivity contribution < 1.29 is 0 Å². The lowest BCUT2D eigenvalue weighted by atomic mass is 9.87. The van der Waals surface area contributed by atoms with Crippen molar-refractivity contribution in [3.63, 3.8) is 0 Å². The van der Waals surface area contributed by atoms with E-state index in [0.717, 1.165) is 13.3 Å². The molecule has 0 amide bonds. The molecule has 2 aliphatic heterocycles. The molecule has 4 aromatic rings. The van der Waals surface area contributed by atoms with Gasteiger partial charge in [-0.3, -0.25) is 0 Å². The molecule has 210 valence electrons. The number of rotatable bonds is 4. The molecule has 0 radical (unpaired) electrons. The maximum Gasteiger partial charge on any atom is 0.100 e. The van der Waals surface area contributed by atoms with Crippen LogP contribution in [0.2, 0.25) is 0 Å². The molecule has 0 atom stereocenters. The summed E-state index contributed by atoms with van der Waals surface area (Å²) in [6.45, 7) is 17.3. The van der Waals surface area contributed by atoms with Gasteiger partial charge in [-0.15, -0.1) is 0 Å². The Morgan fingerprint density at radius 1 is 0.488 bits per heavy atom. The summed E-state index contributed by atoms with van der Waals surface area (Å²) in [4.78, 5) is 9.50. The molecule has 0 N–H and O–H groups in total. The highest BCUT2D eigenvalue weighted by molar-refractivity contribution is 5.87. The molecule has 0 aromatic heterocycles. The molecule has 0 saturated carbocycles. The lowest BCUT2D eigenvalue weighted by Crippen LogP contribution is -2.26. The third-order valence-electron chi connectivity index (χ3n) is 8.28. The molecule has 0 fully saturated rings. The third kappa shape index (κ3) is 5.31. The molecule has 0 bridgehead atoms. The van der Waals surface area contributed by atoms with Gasteiger partial charge in [-0.25, -0.2) is 0 Å². The lowest BCUT2D eigenvalue weighted by molar-refractivity contribution is 0.590. The lowest BCUT2D eigenvalue weighted by Gasteiger charge is -2.26. The zero-order valence-corrected chi connectivity index (χ0v) is 25.5. The van der Waals surface area contributed by atoms with E-state index in [9.17, 15) is 0 Å². The fourth-order valence-electron chi connectivity index (χ4n) is 5.77. The molecular formula is C37H42N4. The molecule has 4 heteroatoms. The van der Waals surface area contributed by atoms with E-state index in [0.29, 0.717) is 0 Å². The number of hydrogen-bond donors (Lipinski definition) is 0. The van der Waals surface area contributed by atoms with E-state index in [1.54, 1.807) is 0 Å². The number of fused-ring (bicyclic) bond motifs is 1. The van der Waals surface area contributed by atoms with Crippen molar-refractivity contribution in [2.24, 2.45) is 0 Å². The monoisotopic (exact) mass is 542 g/mol. The molecule has 4 nitrogen and oxygen atoms in total. The molecule has 0 spiro atoms. The normalized spacial score (nSPS) is 15.2. The summed E-state index contributed by atoms with van der Waals surface area (Å²) in [5, 5.41) is 0. The number of nitrogens with zero attached hydrogens (tertiary/aromatic N) is 4. The average Bonchev–Trinajstić information content (AvgIpc) is 3.58. The second-order valence-corrected chi connectivity index (χ2v) is 13.5. The predicted octanol–water partition coefficient (Wildman–Crippen LogP) is 9.59. The van der Waals surface area contributed by atoms with Crippen LogP contribution in [0.4, 0.5) is 34.1 Å². The largest absolute Gasteiger partial charge is 0.328 e. The van der Waals surface area contributed by atoms with Crippen LogP contribution in [-0.2, 0) is 10.8 Å². The molecule has 6 rings (SSSR count). The number of anilines is 6. The van der Waals surface area contributed by atoms with Crippen molar-refractivity contribution in [3.05, 3.63) is 120 Å². The SMILES string of the molecule is Cc1cc(N2C=CN(c3ccc(C(C)(C)C)cc3)C2)cc(N2CN(c3ccc(C(C)(C)C)cc3)c3ccccc32)c1. The molecule has 4 aromatic carbocycles. The summed E-state index contributed by atoms with van der Waals surface area (Å²) in [6, 6.07) is 33.7. The Bertz CT molecular complexity index is 1570. The molecule has 0 unspecified atom stereocenters. The van der Waals surface area contributed by atoms with Gasteiger partial charge in [0.1, 0.15) is 6.67 Å². The van der Waals surface area contributed by atoms with E-state index in [2.05, 4.69) is 171 Å². The Kier molecular flexibility index (Phi) is 6.60. The summed E-state index contributed by atoms with van der Waals surface area (Å²) in [5.74, 6) is 0. The van der Waals surface area contributed by atoms with Crippen molar-refractivity contribution in [1.29, 1.82) is 0 Å². The zero-order chi connectivity index (χ0) is 28.9. The molecule has 0 aliphatic carbocycles. The standard InChI is InChI=1S/C37H42N4/c1-27-22-32(39-21-20-38(25-39)30-16-12-28(13-17-30)36(2,3)4)24-33(23-27)41-26-40(34-10-8-9-11-35(34)41)31-18-14-29(15-19-31)37(5,6)7/h8-24H,25-26H2,1-7H3. The number of para-hydroxylation sites is 2. The highest BCUT2D eigenvalue weighted by Crippen LogP contribution is 2.45. The van der Waals surface area contributed by atoms with Gasteiger partial charge in [0.05, 0.1) is 18.0 Å². The van der Waals surface area contributed by atoms with E-state index in [4.69, 9.17) is 0 Å². The van der Waals surface area contributed by atoms with Crippen molar-refractivity contribution in [2.45, 2.75) is 59.3 Å². The van der Waals surface area contributed by atoms with Gasteiger partial charge in [0.2, 0.25) is 0 Å². The smallest absolute Gasteiger partial charge is 0.100 e. The van der Waals surface area contributed by atoms with Crippen molar-refractivity contribution in [1.82, 2.24) is 0 Å². The van der Waals surface area contributed by atoms with Gasteiger partial charge in [-0.1, -0.05) is 77.9 Å². The maximum absolute atomic E-state index is 2.44. The predicted molar refractivity (Wildman–Crippen MR) is 176 cm³/mol. The number of hydrogen-bond acceptors (Lipinski definition) is 4. The minimum atomic E-state index is 0.140. The Morgan fingerprint density at radius 2 is 0.951 bits per heavy atom. The van der Waals surface area contributed by atoms with E-state index >= 15 is 0 Å². The van der Waals surface area contributed by atoms with Gasteiger partial charge in [-0.2, -0.15) is 0 Å². The van der Waals surface area contributed by atoms with Crippen LogP contribution in [0.5, 0.6) is 0 Å². The first-order chi connectivity index (χ1) is 19.5. The minimum absolute atomic E-state index is 0.140. The van der Waals surface area contributed by atoms with Crippen LogP contribution in [0.3, 0.4) is 0 Å². The number of benzene rings is 4. The van der Waals surface area contributed by atoms with E-state index in [-0.39, 0.29) is 10.8 Å². The molecule has 41 heavy (non-hydrogen) atoms. The summed E-state index contributed by atoms with van der Waals surface area (Å²) in [7, 11) is 0. The second kappa shape index (κ2) is 10.0. The van der Waals surface area contributed by atoms with E-state index in [1.807, 2.05) is 0 Å². The number of aryl methyl sites for hydroxylation is 1. The van der Waals surface area contributed by atoms with E-state index < -0.39 is 0 Å². The van der Waals surface area contributed by atoms with Crippen molar-refractivity contribution in [2.75, 3.05) is 32.9 Å². The topological polar surface area (TPSA) is 13.0 Å². The molecule has 2 heterocycles. The molecular weight excluding hydrogens is 500 g/mol. The summed E-state index contributed by atoms with van der Waals surface area (Å²) < 4.78 is 0. The first-order valence-electron chi connectivity index (χ1n) is 14.7. The Morgan fingerprint density at radius 3 is 1.49 bits per heavy atom. The van der Waals surface area contributed by atoms with Gasteiger partial charge >= 0.3 is 0 Å². The molecule has 2 aliphatic rings. The fraction of sp³-hybridized carbons (Fsp3) is 0.297. The second-order valence-electron chi connectivity index (χ2n) is 13.5. The first kappa shape index (κ1) is 27.0. The summed E-state index contributed by atoms with van der Waals surface area (Å²) >= 11 is 0. The summed E-state index contributed by atoms with van der Waals surface area (Å²) in [5.41, 5.74) is 11.6. The zero-order valence-electron chi connectivity index (χ0n) is 25.5. The van der Waals surface area contributed by atoms with Crippen LogP contribution in [0.25, 0.3) is 0 Å². The highest BCUT2D eigenvalue weighted by Gasteiger charge is 2.29.